The number of ether oxygens (including phenoxy) is 1. The fourth-order valence-electron chi connectivity index (χ4n) is 1.31. The molecule has 1 aromatic heterocycles. The van der Waals surface area contributed by atoms with Crippen LogP contribution in [-0.4, -0.2) is 10.2 Å². The third kappa shape index (κ3) is 2.32. The molecule has 0 amide bonds. The molecule has 0 fully saturated rings. The molecule has 0 aliphatic heterocycles. The third-order valence-electron chi connectivity index (χ3n) is 2.23. The molecule has 5 nitrogen and oxygen atoms in total. The van der Waals surface area contributed by atoms with Gasteiger partial charge in [0.25, 0.3) is 5.88 Å². The van der Waals surface area contributed by atoms with Crippen LogP contribution in [0, 0.1) is 18.3 Å². The number of aryl methyl sites for hydroxylation is 1. The standard InChI is InChI=1S/C12H10N4O/c1-8-2-3-10(14)6-11(8)17-12-9(7-13)4-5-15-16-12/h2-6H,14H2,1H3. The first-order valence-electron chi connectivity index (χ1n) is 4.96. The van der Waals surface area contributed by atoms with Crippen molar-refractivity contribution in [2.24, 2.45) is 0 Å². The molecule has 0 aliphatic carbocycles. The zero-order chi connectivity index (χ0) is 12.3. The van der Waals surface area contributed by atoms with Crippen LogP contribution in [0.1, 0.15) is 11.1 Å². The van der Waals surface area contributed by atoms with E-state index in [0.29, 0.717) is 17.0 Å². The second-order valence-corrected chi connectivity index (χ2v) is 3.49. The second-order valence-electron chi connectivity index (χ2n) is 3.49. The van der Waals surface area contributed by atoms with Crippen molar-refractivity contribution in [3.63, 3.8) is 0 Å². The average Bonchev–Trinajstić information content (AvgIpc) is 2.34. The minimum atomic E-state index is 0.184. The monoisotopic (exact) mass is 226 g/mol. The van der Waals surface area contributed by atoms with Gasteiger partial charge in [0, 0.05) is 11.8 Å². The Morgan fingerprint density at radius 1 is 1.35 bits per heavy atom. The van der Waals surface area contributed by atoms with E-state index in [1.807, 2.05) is 19.1 Å². The maximum atomic E-state index is 8.90. The minimum absolute atomic E-state index is 0.184. The number of hydrogen-bond donors (Lipinski definition) is 1. The van der Waals surface area contributed by atoms with Gasteiger partial charge in [-0.2, -0.15) is 10.4 Å². The molecule has 0 saturated carbocycles. The molecule has 1 heterocycles. The molecule has 0 spiro atoms. The maximum Gasteiger partial charge on any atom is 0.256 e. The molecule has 0 unspecified atom stereocenters. The van der Waals surface area contributed by atoms with Crippen LogP contribution in [0.2, 0.25) is 0 Å². The van der Waals surface area contributed by atoms with Crippen molar-refractivity contribution in [3.8, 4) is 17.7 Å². The number of hydrogen-bond acceptors (Lipinski definition) is 5. The Morgan fingerprint density at radius 2 is 2.18 bits per heavy atom. The Morgan fingerprint density at radius 3 is 2.94 bits per heavy atom. The number of nitrogens with two attached hydrogens (primary N) is 1. The van der Waals surface area contributed by atoms with E-state index in [4.69, 9.17) is 15.7 Å². The van der Waals surface area contributed by atoms with E-state index in [-0.39, 0.29) is 5.88 Å². The first kappa shape index (κ1) is 10.9. The number of nitrogens with zero attached hydrogens (tertiary/aromatic N) is 3. The average molecular weight is 226 g/mol. The summed E-state index contributed by atoms with van der Waals surface area (Å²) < 4.78 is 5.54. The Bertz CT molecular complexity index is 589. The van der Waals surface area contributed by atoms with Gasteiger partial charge >= 0.3 is 0 Å². The molecule has 5 heteroatoms. The van der Waals surface area contributed by atoms with Gasteiger partial charge < -0.3 is 10.5 Å². The summed E-state index contributed by atoms with van der Waals surface area (Å²) in [4.78, 5) is 0. The van der Waals surface area contributed by atoms with Gasteiger partial charge in [-0.25, -0.2) is 0 Å². The molecule has 2 aromatic rings. The molecule has 2 N–H and O–H groups in total. The molecule has 0 saturated heterocycles. The summed E-state index contributed by atoms with van der Waals surface area (Å²) in [5.41, 5.74) is 7.51. The molecule has 1 aromatic carbocycles. The van der Waals surface area contributed by atoms with Crippen molar-refractivity contribution in [1.82, 2.24) is 10.2 Å². The van der Waals surface area contributed by atoms with E-state index >= 15 is 0 Å². The predicted octanol–water partition coefficient (Wildman–Crippen LogP) is 2.03. The summed E-state index contributed by atoms with van der Waals surface area (Å²) in [6.07, 6.45) is 1.44. The topological polar surface area (TPSA) is 84.8 Å². The lowest BCUT2D eigenvalue weighted by molar-refractivity contribution is 0.450. The number of aromatic nitrogens is 2. The molecule has 0 aliphatic rings. The highest BCUT2D eigenvalue weighted by Crippen LogP contribution is 2.26. The van der Waals surface area contributed by atoms with Gasteiger partial charge in [0.2, 0.25) is 0 Å². The van der Waals surface area contributed by atoms with Gasteiger partial charge in [-0.15, -0.1) is 5.10 Å². The Labute approximate surface area is 98.5 Å². The molecule has 0 bridgehead atoms. The predicted molar refractivity (Wildman–Crippen MR) is 62.4 cm³/mol. The van der Waals surface area contributed by atoms with Crippen LogP contribution in [-0.2, 0) is 0 Å². The number of nitriles is 1. The van der Waals surface area contributed by atoms with Crippen molar-refractivity contribution < 1.29 is 4.74 Å². The summed E-state index contributed by atoms with van der Waals surface area (Å²) in [6.45, 7) is 1.89. The van der Waals surface area contributed by atoms with Crippen molar-refractivity contribution in [2.75, 3.05) is 5.73 Å². The highest BCUT2D eigenvalue weighted by Gasteiger charge is 2.08. The molecular weight excluding hydrogens is 216 g/mol. The zero-order valence-corrected chi connectivity index (χ0v) is 9.21. The normalized spacial score (nSPS) is 9.65. The minimum Gasteiger partial charge on any atom is -0.436 e. The highest BCUT2D eigenvalue weighted by atomic mass is 16.5. The van der Waals surface area contributed by atoms with Gasteiger partial charge in [-0.1, -0.05) is 6.07 Å². The SMILES string of the molecule is Cc1ccc(N)cc1Oc1nnccc1C#N. The quantitative estimate of drug-likeness (QED) is 0.792. The smallest absolute Gasteiger partial charge is 0.256 e. The van der Waals surface area contributed by atoms with Crippen LogP contribution in [0.5, 0.6) is 11.6 Å². The molecule has 2 rings (SSSR count). The number of rotatable bonds is 2. The maximum absolute atomic E-state index is 8.90. The van der Waals surface area contributed by atoms with E-state index in [2.05, 4.69) is 10.2 Å². The van der Waals surface area contributed by atoms with Gasteiger partial charge in [0.15, 0.2) is 0 Å². The van der Waals surface area contributed by atoms with Crippen LogP contribution >= 0.6 is 0 Å². The lowest BCUT2D eigenvalue weighted by Crippen LogP contribution is -1.96. The lowest BCUT2D eigenvalue weighted by Gasteiger charge is -2.08. The fraction of sp³-hybridized carbons (Fsp3) is 0.0833. The van der Waals surface area contributed by atoms with Gasteiger partial charge in [-0.3, -0.25) is 0 Å². The molecule has 84 valence electrons. The molecule has 0 radical (unpaired) electrons. The fourth-order valence-corrected chi connectivity index (χ4v) is 1.31. The van der Waals surface area contributed by atoms with Crippen molar-refractivity contribution in [2.45, 2.75) is 6.92 Å². The van der Waals surface area contributed by atoms with E-state index in [1.165, 1.54) is 6.20 Å². The summed E-state index contributed by atoms with van der Waals surface area (Å²) >= 11 is 0. The first-order chi connectivity index (χ1) is 8.20. The largest absolute Gasteiger partial charge is 0.436 e. The van der Waals surface area contributed by atoms with Gasteiger partial charge in [-0.05, 0) is 24.6 Å². The van der Waals surface area contributed by atoms with Crippen LogP contribution in [0.25, 0.3) is 0 Å². The Hall–Kier alpha value is -2.61. The number of anilines is 1. The van der Waals surface area contributed by atoms with Crippen molar-refractivity contribution >= 4 is 5.69 Å². The zero-order valence-electron chi connectivity index (χ0n) is 9.21. The van der Waals surface area contributed by atoms with Crippen LogP contribution in [0.4, 0.5) is 5.69 Å². The van der Waals surface area contributed by atoms with Crippen LogP contribution in [0.3, 0.4) is 0 Å². The van der Waals surface area contributed by atoms with E-state index < -0.39 is 0 Å². The second kappa shape index (κ2) is 4.49. The van der Waals surface area contributed by atoms with Gasteiger partial charge in [0.05, 0.1) is 6.20 Å². The van der Waals surface area contributed by atoms with E-state index in [9.17, 15) is 0 Å². The van der Waals surface area contributed by atoms with Crippen molar-refractivity contribution in [1.29, 1.82) is 5.26 Å². The third-order valence-corrected chi connectivity index (χ3v) is 2.23. The molecule has 0 atom stereocenters. The van der Waals surface area contributed by atoms with Gasteiger partial charge in [0.1, 0.15) is 17.4 Å². The summed E-state index contributed by atoms with van der Waals surface area (Å²) in [5, 5.41) is 16.4. The number of benzene rings is 1. The van der Waals surface area contributed by atoms with E-state index in [0.717, 1.165) is 5.56 Å². The van der Waals surface area contributed by atoms with Crippen LogP contribution < -0.4 is 10.5 Å². The van der Waals surface area contributed by atoms with Crippen molar-refractivity contribution in [3.05, 3.63) is 41.6 Å². The number of nitrogen functional groups attached to an aromatic ring is 1. The Balaban J connectivity index is 2.38. The molecular formula is C12H10N4O. The summed E-state index contributed by atoms with van der Waals surface area (Å²) in [5.74, 6) is 0.755. The molecule has 17 heavy (non-hydrogen) atoms. The highest BCUT2D eigenvalue weighted by molar-refractivity contribution is 5.50. The summed E-state index contributed by atoms with van der Waals surface area (Å²) in [7, 11) is 0. The first-order valence-corrected chi connectivity index (χ1v) is 4.96. The van der Waals surface area contributed by atoms with Crippen LogP contribution in [0.15, 0.2) is 30.5 Å². The van der Waals surface area contributed by atoms with E-state index in [1.54, 1.807) is 18.2 Å². The summed E-state index contributed by atoms with van der Waals surface area (Å²) in [6, 6.07) is 8.84. The Kier molecular flexibility index (Phi) is 2.88. The lowest BCUT2D eigenvalue weighted by atomic mass is 10.2.